The Labute approximate surface area is 127 Å². The predicted octanol–water partition coefficient (Wildman–Crippen LogP) is 1.69. The van der Waals surface area contributed by atoms with Crippen molar-refractivity contribution in [3.63, 3.8) is 0 Å². The zero-order valence-electron chi connectivity index (χ0n) is 12.6. The quantitative estimate of drug-likeness (QED) is 0.766. The summed E-state index contributed by atoms with van der Waals surface area (Å²) in [6.07, 6.45) is 1.06. The van der Waals surface area contributed by atoms with Gasteiger partial charge >= 0.3 is 0 Å². The summed E-state index contributed by atoms with van der Waals surface area (Å²) in [7, 11) is 0. The molecule has 3 rings (SSSR count). The third-order valence-electron chi connectivity index (χ3n) is 3.47. The highest BCUT2D eigenvalue weighted by Crippen LogP contribution is 2.08. The van der Waals surface area contributed by atoms with Crippen molar-refractivity contribution in [2.24, 2.45) is 0 Å². The van der Waals surface area contributed by atoms with Crippen LogP contribution in [0.5, 0.6) is 0 Å². The second-order valence-electron chi connectivity index (χ2n) is 5.25. The number of hydrogen-bond acceptors (Lipinski definition) is 4. The summed E-state index contributed by atoms with van der Waals surface area (Å²) in [4.78, 5) is 23.5. The molecule has 6 nitrogen and oxygen atoms in total. The number of rotatable bonds is 4. The molecule has 0 radical (unpaired) electrons. The standard InChI is InChI=1S/C16H17N5O/c1-10-13(16(22)18-11(2)17-10)9-15-19-14(20-21-15)8-12-6-4-3-5-7-12/h3-7H,8-9H2,1-2H3,(H,17,18,22)(H,19,20,21). The van der Waals surface area contributed by atoms with E-state index in [1.165, 1.54) is 0 Å². The number of benzene rings is 1. The van der Waals surface area contributed by atoms with E-state index in [4.69, 9.17) is 0 Å². The van der Waals surface area contributed by atoms with Crippen LogP contribution in [0.15, 0.2) is 35.1 Å². The van der Waals surface area contributed by atoms with E-state index in [1.54, 1.807) is 6.92 Å². The molecule has 0 bridgehead atoms. The van der Waals surface area contributed by atoms with Gasteiger partial charge in [-0.15, -0.1) is 0 Å². The lowest BCUT2D eigenvalue weighted by Gasteiger charge is -2.02. The summed E-state index contributed by atoms with van der Waals surface area (Å²) < 4.78 is 0. The van der Waals surface area contributed by atoms with Crippen LogP contribution in [0.2, 0.25) is 0 Å². The number of nitrogens with zero attached hydrogens (tertiary/aromatic N) is 3. The van der Waals surface area contributed by atoms with Gasteiger partial charge in [-0.3, -0.25) is 9.89 Å². The SMILES string of the molecule is Cc1nc(C)c(Cc2n[nH]c(Cc3ccccc3)n2)c(=O)[nH]1. The van der Waals surface area contributed by atoms with Gasteiger partial charge in [-0.1, -0.05) is 30.3 Å². The van der Waals surface area contributed by atoms with Crippen molar-refractivity contribution in [3.05, 3.63) is 75.0 Å². The number of aryl methyl sites for hydroxylation is 2. The van der Waals surface area contributed by atoms with Crippen molar-refractivity contribution in [2.45, 2.75) is 26.7 Å². The minimum atomic E-state index is -0.126. The first-order valence-corrected chi connectivity index (χ1v) is 7.12. The van der Waals surface area contributed by atoms with Gasteiger partial charge in [-0.05, 0) is 19.4 Å². The molecule has 0 aliphatic carbocycles. The van der Waals surface area contributed by atoms with E-state index in [1.807, 2.05) is 37.3 Å². The number of aromatic amines is 2. The van der Waals surface area contributed by atoms with Crippen LogP contribution in [0.4, 0.5) is 0 Å². The number of hydrogen-bond donors (Lipinski definition) is 2. The normalized spacial score (nSPS) is 10.8. The van der Waals surface area contributed by atoms with Crippen molar-refractivity contribution < 1.29 is 0 Å². The Hall–Kier alpha value is -2.76. The number of H-pyrrole nitrogens is 2. The van der Waals surface area contributed by atoms with Crippen molar-refractivity contribution in [2.75, 3.05) is 0 Å². The smallest absolute Gasteiger partial charge is 0.254 e. The number of aromatic nitrogens is 5. The number of nitrogens with one attached hydrogen (secondary N) is 2. The van der Waals surface area contributed by atoms with Crippen molar-refractivity contribution in [3.8, 4) is 0 Å². The van der Waals surface area contributed by atoms with Crippen LogP contribution in [0, 0.1) is 13.8 Å². The lowest BCUT2D eigenvalue weighted by atomic mass is 10.1. The van der Waals surface area contributed by atoms with Gasteiger partial charge in [-0.2, -0.15) is 5.10 Å². The highest BCUT2D eigenvalue weighted by molar-refractivity contribution is 5.22. The maximum Gasteiger partial charge on any atom is 0.254 e. The molecule has 0 aliphatic heterocycles. The first-order valence-electron chi connectivity index (χ1n) is 7.12. The fraction of sp³-hybridized carbons (Fsp3) is 0.250. The molecule has 6 heteroatoms. The Morgan fingerprint density at radius 2 is 1.82 bits per heavy atom. The van der Waals surface area contributed by atoms with E-state index < -0.39 is 0 Å². The summed E-state index contributed by atoms with van der Waals surface area (Å²) >= 11 is 0. The first kappa shape index (κ1) is 14.2. The van der Waals surface area contributed by atoms with E-state index in [0.717, 1.165) is 17.1 Å². The van der Waals surface area contributed by atoms with Crippen LogP contribution in [0.25, 0.3) is 0 Å². The maximum absolute atomic E-state index is 12.0. The zero-order valence-corrected chi connectivity index (χ0v) is 12.6. The van der Waals surface area contributed by atoms with E-state index >= 15 is 0 Å². The zero-order chi connectivity index (χ0) is 15.5. The summed E-state index contributed by atoms with van der Waals surface area (Å²) in [5.41, 5.74) is 2.36. The van der Waals surface area contributed by atoms with E-state index in [9.17, 15) is 4.79 Å². The van der Waals surface area contributed by atoms with Crippen LogP contribution in [0.1, 0.15) is 34.3 Å². The fourth-order valence-electron chi connectivity index (χ4n) is 2.40. The molecular weight excluding hydrogens is 278 g/mol. The molecule has 0 fully saturated rings. The highest BCUT2D eigenvalue weighted by atomic mass is 16.1. The van der Waals surface area contributed by atoms with Gasteiger partial charge in [-0.25, -0.2) is 9.97 Å². The molecule has 112 valence electrons. The van der Waals surface area contributed by atoms with E-state index in [0.29, 0.717) is 30.1 Å². The van der Waals surface area contributed by atoms with E-state index in [2.05, 4.69) is 25.1 Å². The molecular formula is C16H17N5O. The predicted molar refractivity (Wildman–Crippen MR) is 82.8 cm³/mol. The Bertz CT molecular complexity index is 835. The molecule has 2 N–H and O–H groups in total. The summed E-state index contributed by atoms with van der Waals surface area (Å²) in [5, 5.41) is 7.13. The molecule has 2 heterocycles. The minimum Gasteiger partial charge on any atom is -0.311 e. The molecule has 0 saturated heterocycles. The Morgan fingerprint density at radius 1 is 1.05 bits per heavy atom. The minimum absolute atomic E-state index is 0.126. The molecule has 0 saturated carbocycles. The van der Waals surface area contributed by atoms with Crippen LogP contribution in [0.3, 0.4) is 0 Å². The average molecular weight is 295 g/mol. The molecule has 0 spiro atoms. The van der Waals surface area contributed by atoms with Gasteiger partial charge in [0.25, 0.3) is 5.56 Å². The molecule has 22 heavy (non-hydrogen) atoms. The molecule has 0 aliphatic rings. The lowest BCUT2D eigenvalue weighted by Crippen LogP contribution is -2.18. The van der Waals surface area contributed by atoms with Crippen molar-refractivity contribution in [1.29, 1.82) is 0 Å². The van der Waals surface area contributed by atoms with Crippen LogP contribution in [-0.4, -0.2) is 25.1 Å². The molecule has 2 aromatic heterocycles. The summed E-state index contributed by atoms with van der Waals surface area (Å²) in [5.74, 6) is 2.01. The molecule has 0 amide bonds. The van der Waals surface area contributed by atoms with Gasteiger partial charge in [0.05, 0.1) is 0 Å². The Balaban J connectivity index is 1.79. The monoisotopic (exact) mass is 295 g/mol. The Morgan fingerprint density at radius 3 is 2.55 bits per heavy atom. The summed E-state index contributed by atoms with van der Waals surface area (Å²) in [6, 6.07) is 10.1. The maximum atomic E-state index is 12.0. The van der Waals surface area contributed by atoms with Gasteiger partial charge < -0.3 is 4.98 Å². The fourth-order valence-corrected chi connectivity index (χ4v) is 2.40. The largest absolute Gasteiger partial charge is 0.311 e. The van der Waals surface area contributed by atoms with Crippen LogP contribution in [-0.2, 0) is 12.8 Å². The van der Waals surface area contributed by atoms with Gasteiger partial charge in [0.15, 0.2) is 5.82 Å². The molecule has 1 aromatic carbocycles. The third-order valence-corrected chi connectivity index (χ3v) is 3.47. The molecule has 0 unspecified atom stereocenters. The van der Waals surface area contributed by atoms with Crippen molar-refractivity contribution >= 4 is 0 Å². The second-order valence-corrected chi connectivity index (χ2v) is 5.25. The molecule has 0 atom stereocenters. The van der Waals surface area contributed by atoms with Gasteiger partial charge in [0.2, 0.25) is 0 Å². The lowest BCUT2D eigenvalue weighted by molar-refractivity contribution is 0.892. The average Bonchev–Trinajstić information content (AvgIpc) is 2.91. The van der Waals surface area contributed by atoms with Crippen LogP contribution >= 0.6 is 0 Å². The highest BCUT2D eigenvalue weighted by Gasteiger charge is 2.11. The molecule has 3 aromatic rings. The van der Waals surface area contributed by atoms with Crippen molar-refractivity contribution in [1.82, 2.24) is 25.1 Å². The van der Waals surface area contributed by atoms with Gasteiger partial charge in [0.1, 0.15) is 11.6 Å². The topological polar surface area (TPSA) is 87.3 Å². The van der Waals surface area contributed by atoms with Crippen LogP contribution < -0.4 is 5.56 Å². The van der Waals surface area contributed by atoms with E-state index in [-0.39, 0.29) is 5.56 Å². The third kappa shape index (κ3) is 3.11. The second kappa shape index (κ2) is 5.93. The first-order chi connectivity index (χ1) is 10.6. The Kier molecular flexibility index (Phi) is 3.82. The summed E-state index contributed by atoms with van der Waals surface area (Å²) in [6.45, 7) is 3.60. The van der Waals surface area contributed by atoms with Gasteiger partial charge in [0, 0.05) is 24.1 Å².